The fourth-order valence-electron chi connectivity index (χ4n) is 5.06. The SMILES string of the molecule is C/C(=C/C(=O)[O-])c1ccc2c(c1)C(C)(c1ccc3c(c1)C(C)(C)CCC3(C)C)CO2. The van der Waals surface area contributed by atoms with Gasteiger partial charge in [0, 0.05) is 5.56 Å². The minimum atomic E-state index is -1.17. The number of hydrogen-bond acceptors (Lipinski definition) is 3. The third kappa shape index (κ3) is 3.25. The van der Waals surface area contributed by atoms with E-state index < -0.39 is 5.97 Å². The van der Waals surface area contributed by atoms with Crippen molar-refractivity contribution in [1.82, 2.24) is 0 Å². The lowest BCUT2D eigenvalue weighted by Gasteiger charge is -2.42. The minimum absolute atomic E-state index is 0.148. The molecular weight excluding hydrogens is 372 g/mol. The van der Waals surface area contributed by atoms with E-state index in [4.69, 9.17) is 4.74 Å². The van der Waals surface area contributed by atoms with Crippen LogP contribution >= 0.6 is 0 Å². The number of ether oxygens (including phenoxy) is 1. The zero-order valence-corrected chi connectivity index (χ0v) is 18.9. The molecule has 0 radical (unpaired) electrons. The molecule has 0 spiro atoms. The lowest BCUT2D eigenvalue weighted by Crippen LogP contribution is -2.35. The van der Waals surface area contributed by atoms with Gasteiger partial charge in [-0.15, -0.1) is 0 Å². The summed E-state index contributed by atoms with van der Waals surface area (Å²) in [6.45, 7) is 14.0. The van der Waals surface area contributed by atoms with Crippen molar-refractivity contribution in [3.8, 4) is 5.75 Å². The topological polar surface area (TPSA) is 49.4 Å². The molecule has 0 N–H and O–H groups in total. The smallest absolute Gasteiger partial charge is 0.123 e. The third-order valence-corrected chi connectivity index (χ3v) is 7.37. The molecule has 1 aliphatic heterocycles. The van der Waals surface area contributed by atoms with E-state index in [9.17, 15) is 9.90 Å². The summed E-state index contributed by atoms with van der Waals surface area (Å²) in [5, 5.41) is 11.0. The standard InChI is InChI=1S/C27H32O3/c1-17(13-24(28)29)18-7-10-23-22(14-18)27(6,16-30-23)19-8-9-20-21(15-19)26(4,5)12-11-25(20,2)3/h7-10,13-15H,11-12,16H2,1-6H3,(H,28,29)/p-1/b17-13-. The van der Waals surface area contributed by atoms with Crippen LogP contribution in [0.1, 0.15) is 82.2 Å². The number of carboxylic acid groups (broad SMARTS) is 1. The highest BCUT2D eigenvalue weighted by atomic mass is 16.5. The zero-order valence-electron chi connectivity index (χ0n) is 18.9. The van der Waals surface area contributed by atoms with E-state index in [0.29, 0.717) is 12.2 Å². The number of fused-ring (bicyclic) bond motifs is 2. The molecule has 2 aliphatic rings. The number of aliphatic carboxylic acids is 1. The highest BCUT2D eigenvalue weighted by molar-refractivity contribution is 5.88. The molecule has 1 atom stereocenters. The number of allylic oxidation sites excluding steroid dienone is 1. The van der Waals surface area contributed by atoms with Gasteiger partial charge in [-0.05, 0) is 83.6 Å². The van der Waals surface area contributed by atoms with Crippen LogP contribution in [0.3, 0.4) is 0 Å². The summed E-state index contributed by atoms with van der Waals surface area (Å²) in [7, 11) is 0. The van der Waals surface area contributed by atoms with Gasteiger partial charge in [0.15, 0.2) is 0 Å². The van der Waals surface area contributed by atoms with E-state index >= 15 is 0 Å². The van der Waals surface area contributed by atoms with E-state index in [0.717, 1.165) is 23.0 Å². The molecule has 2 aromatic carbocycles. The van der Waals surface area contributed by atoms with Gasteiger partial charge in [-0.1, -0.05) is 52.0 Å². The van der Waals surface area contributed by atoms with E-state index in [1.165, 1.54) is 29.5 Å². The van der Waals surface area contributed by atoms with Crippen molar-refractivity contribution in [2.24, 2.45) is 0 Å². The third-order valence-electron chi connectivity index (χ3n) is 7.37. The molecule has 1 heterocycles. The van der Waals surface area contributed by atoms with Gasteiger partial charge in [0.2, 0.25) is 0 Å². The van der Waals surface area contributed by atoms with Crippen LogP contribution < -0.4 is 9.84 Å². The lowest BCUT2D eigenvalue weighted by atomic mass is 9.62. The van der Waals surface area contributed by atoms with Crippen molar-refractivity contribution < 1.29 is 14.6 Å². The van der Waals surface area contributed by atoms with Gasteiger partial charge in [0.25, 0.3) is 0 Å². The maximum absolute atomic E-state index is 11.0. The molecule has 1 aliphatic carbocycles. The highest BCUT2D eigenvalue weighted by Crippen LogP contribution is 2.49. The molecule has 2 aromatic rings. The predicted molar refractivity (Wildman–Crippen MR) is 119 cm³/mol. The Labute approximate surface area is 179 Å². The molecule has 0 bridgehead atoms. The number of hydrogen-bond donors (Lipinski definition) is 0. The van der Waals surface area contributed by atoms with Crippen LogP contribution in [0.15, 0.2) is 42.5 Å². The molecule has 30 heavy (non-hydrogen) atoms. The van der Waals surface area contributed by atoms with Gasteiger partial charge in [-0.25, -0.2) is 0 Å². The summed E-state index contributed by atoms with van der Waals surface area (Å²) in [6.07, 6.45) is 3.53. The molecule has 3 nitrogen and oxygen atoms in total. The van der Waals surface area contributed by atoms with Crippen molar-refractivity contribution in [2.75, 3.05) is 6.61 Å². The highest BCUT2D eigenvalue weighted by Gasteiger charge is 2.42. The number of carboxylic acids is 1. The molecule has 3 heteroatoms. The van der Waals surface area contributed by atoms with Gasteiger partial charge in [0.05, 0.1) is 11.4 Å². The van der Waals surface area contributed by atoms with Gasteiger partial charge >= 0.3 is 0 Å². The average Bonchev–Trinajstić information content (AvgIpc) is 3.02. The Hall–Kier alpha value is -2.55. The first kappa shape index (κ1) is 20.7. The average molecular weight is 404 g/mol. The predicted octanol–water partition coefficient (Wildman–Crippen LogP) is 4.89. The number of carbonyl (C=O) groups is 1. The van der Waals surface area contributed by atoms with E-state index in [1.54, 1.807) is 6.92 Å². The van der Waals surface area contributed by atoms with Crippen LogP contribution in [0.25, 0.3) is 5.57 Å². The largest absolute Gasteiger partial charge is 0.545 e. The number of benzene rings is 2. The second-order valence-corrected chi connectivity index (χ2v) is 10.5. The summed E-state index contributed by atoms with van der Waals surface area (Å²) in [5.74, 6) is -0.300. The van der Waals surface area contributed by atoms with Gasteiger partial charge < -0.3 is 14.6 Å². The number of rotatable bonds is 3. The first-order valence-electron chi connectivity index (χ1n) is 10.8. The summed E-state index contributed by atoms with van der Waals surface area (Å²) in [6, 6.07) is 12.9. The summed E-state index contributed by atoms with van der Waals surface area (Å²) in [4.78, 5) is 11.0. The van der Waals surface area contributed by atoms with Crippen molar-refractivity contribution in [2.45, 2.75) is 70.6 Å². The second-order valence-electron chi connectivity index (χ2n) is 10.5. The monoisotopic (exact) mass is 403 g/mol. The Balaban J connectivity index is 1.83. The maximum atomic E-state index is 11.0. The summed E-state index contributed by atoms with van der Waals surface area (Å²) in [5.41, 5.74) is 6.88. The lowest BCUT2D eigenvalue weighted by molar-refractivity contribution is -0.297. The minimum Gasteiger partial charge on any atom is -0.545 e. The Morgan fingerprint density at radius 3 is 2.27 bits per heavy atom. The van der Waals surface area contributed by atoms with E-state index in [1.807, 2.05) is 12.1 Å². The van der Waals surface area contributed by atoms with Crippen LogP contribution in [0.5, 0.6) is 5.75 Å². The van der Waals surface area contributed by atoms with Crippen molar-refractivity contribution in [3.05, 3.63) is 70.3 Å². The molecular formula is C27H31O3-. The Bertz CT molecular complexity index is 1060. The molecule has 1 unspecified atom stereocenters. The van der Waals surface area contributed by atoms with Gasteiger partial charge in [-0.2, -0.15) is 0 Å². The Morgan fingerprint density at radius 1 is 0.933 bits per heavy atom. The first-order chi connectivity index (χ1) is 13.9. The molecule has 0 saturated heterocycles. The van der Waals surface area contributed by atoms with E-state index in [2.05, 4.69) is 58.9 Å². The fraction of sp³-hybridized carbons (Fsp3) is 0.444. The molecule has 0 saturated carbocycles. The molecule has 158 valence electrons. The van der Waals surface area contributed by atoms with Crippen molar-refractivity contribution in [3.63, 3.8) is 0 Å². The fourth-order valence-corrected chi connectivity index (χ4v) is 5.06. The zero-order chi connectivity index (χ0) is 21.9. The van der Waals surface area contributed by atoms with Crippen molar-refractivity contribution >= 4 is 11.5 Å². The Morgan fingerprint density at radius 2 is 1.60 bits per heavy atom. The maximum Gasteiger partial charge on any atom is 0.123 e. The molecule has 0 aromatic heterocycles. The van der Waals surface area contributed by atoms with Crippen molar-refractivity contribution in [1.29, 1.82) is 0 Å². The van der Waals surface area contributed by atoms with Crippen LogP contribution in [-0.2, 0) is 21.0 Å². The second kappa shape index (κ2) is 6.73. The van der Waals surface area contributed by atoms with Crippen LogP contribution in [0.2, 0.25) is 0 Å². The summed E-state index contributed by atoms with van der Waals surface area (Å²) < 4.78 is 6.07. The van der Waals surface area contributed by atoms with Crippen LogP contribution in [0.4, 0.5) is 0 Å². The molecule has 0 fully saturated rings. The summed E-state index contributed by atoms with van der Waals surface area (Å²) >= 11 is 0. The normalized spacial score (nSPS) is 24.0. The number of carbonyl (C=O) groups excluding carboxylic acids is 1. The van der Waals surface area contributed by atoms with Crippen LogP contribution in [0, 0.1) is 0 Å². The molecule has 0 amide bonds. The quantitative estimate of drug-likeness (QED) is 0.686. The molecule has 4 rings (SSSR count). The van der Waals surface area contributed by atoms with Crippen LogP contribution in [-0.4, -0.2) is 12.6 Å². The van der Waals surface area contributed by atoms with E-state index in [-0.39, 0.29) is 16.2 Å². The van der Waals surface area contributed by atoms with Gasteiger partial charge in [-0.3, -0.25) is 0 Å². The Kier molecular flexibility index (Phi) is 4.65. The first-order valence-corrected chi connectivity index (χ1v) is 10.8. The van der Waals surface area contributed by atoms with Gasteiger partial charge in [0.1, 0.15) is 12.4 Å².